The second kappa shape index (κ2) is 7.97. The average Bonchev–Trinajstić information content (AvgIpc) is 3.03. The number of ether oxygens (including phenoxy) is 2. The molecule has 0 saturated carbocycles. The molecule has 2 aromatic rings. The van der Waals surface area contributed by atoms with Gasteiger partial charge in [-0.15, -0.1) is 11.3 Å². The van der Waals surface area contributed by atoms with Crippen molar-refractivity contribution in [3.63, 3.8) is 0 Å². The molecule has 1 fully saturated rings. The van der Waals surface area contributed by atoms with Crippen LogP contribution in [0, 0.1) is 0 Å². The molecule has 0 spiro atoms. The van der Waals surface area contributed by atoms with Gasteiger partial charge in [-0.2, -0.15) is 0 Å². The minimum absolute atomic E-state index is 0.0803. The van der Waals surface area contributed by atoms with E-state index in [9.17, 15) is 4.79 Å². The SMILES string of the molecule is CCOc1ccccc1-c1nc(CC(=O)N2CC(C)OC(C)C2)cs1. The molecule has 0 aliphatic carbocycles. The Morgan fingerprint density at radius 3 is 2.76 bits per heavy atom. The highest BCUT2D eigenvalue weighted by atomic mass is 32.1. The lowest BCUT2D eigenvalue weighted by Gasteiger charge is -2.35. The molecule has 1 aromatic carbocycles. The smallest absolute Gasteiger partial charge is 0.228 e. The van der Waals surface area contributed by atoms with E-state index in [1.165, 1.54) is 0 Å². The molecule has 2 unspecified atom stereocenters. The molecule has 1 aliphatic heterocycles. The van der Waals surface area contributed by atoms with E-state index in [1.807, 2.05) is 55.3 Å². The van der Waals surface area contributed by atoms with Gasteiger partial charge in [0, 0.05) is 18.5 Å². The first-order valence-corrected chi connectivity index (χ1v) is 9.54. The summed E-state index contributed by atoms with van der Waals surface area (Å²) >= 11 is 1.55. The van der Waals surface area contributed by atoms with Crippen LogP contribution in [0.15, 0.2) is 29.6 Å². The van der Waals surface area contributed by atoms with Crippen LogP contribution in [-0.4, -0.2) is 47.7 Å². The Morgan fingerprint density at radius 1 is 1.32 bits per heavy atom. The van der Waals surface area contributed by atoms with Crippen molar-refractivity contribution in [2.24, 2.45) is 0 Å². The van der Waals surface area contributed by atoms with Gasteiger partial charge in [0.1, 0.15) is 10.8 Å². The van der Waals surface area contributed by atoms with Gasteiger partial charge in [0.05, 0.1) is 36.5 Å². The summed E-state index contributed by atoms with van der Waals surface area (Å²) in [5.41, 5.74) is 1.78. The van der Waals surface area contributed by atoms with Gasteiger partial charge in [-0.1, -0.05) is 12.1 Å². The molecule has 1 saturated heterocycles. The zero-order chi connectivity index (χ0) is 17.8. The summed E-state index contributed by atoms with van der Waals surface area (Å²) in [4.78, 5) is 19.1. The minimum Gasteiger partial charge on any atom is -0.493 e. The number of carbonyl (C=O) groups is 1. The number of hydrogen-bond donors (Lipinski definition) is 0. The standard InChI is InChI=1S/C19H24N2O3S/c1-4-23-17-8-6-5-7-16(17)19-20-15(12-25-19)9-18(22)21-10-13(2)24-14(3)11-21/h5-8,12-14H,4,9-11H2,1-3H3. The first-order chi connectivity index (χ1) is 12.1. The molecule has 2 heterocycles. The topological polar surface area (TPSA) is 51.7 Å². The third-order valence-corrected chi connectivity index (χ3v) is 5.00. The summed E-state index contributed by atoms with van der Waals surface area (Å²) in [5, 5.41) is 2.85. The molecular formula is C19H24N2O3S. The second-order valence-corrected chi connectivity index (χ2v) is 7.16. The van der Waals surface area contributed by atoms with Gasteiger partial charge in [0.25, 0.3) is 0 Å². The Balaban J connectivity index is 1.71. The quantitative estimate of drug-likeness (QED) is 0.820. The first kappa shape index (κ1) is 17.9. The molecule has 0 N–H and O–H groups in total. The summed E-state index contributed by atoms with van der Waals surface area (Å²) in [7, 11) is 0. The van der Waals surface area contributed by atoms with Gasteiger partial charge in [-0.05, 0) is 32.9 Å². The van der Waals surface area contributed by atoms with Crippen LogP contribution in [0.1, 0.15) is 26.5 Å². The van der Waals surface area contributed by atoms with Crippen molar-refractivity contribution in [1.82, 2.24) is 9.88 Å². The molecular weight excluding hydrogens is 336 g/mol. The van der Waals surface area contributed by atoms with Crippen LogP contribution in [0.3, 0.4) is 0 Å². The fraction of sp³-hybridized carbons (Fsp3) is 0.474. The number of amides is 1. The van der Waals surface area contributed by atoms with E-state index in [0.717, 1.165) is 22.0 Å². The molecule has 0 radical (unpaired) electrons. The molecule has 2 atom stereocenters. The lowest BCUT2D eigenvalue weighted by atomic mass is 10.2. The van der Waals surface area contributed by atoms with Gasteiger partial charge in [-0.25, -0.2) is 4.98 Å². The maximum Gasteiger partial charge on any atom is 0.228 e. The van der Waals surface area contributed by atoms with Crippen molar-refractivity contribution < 1.29 is 14.3 Å². The Bertz CT molecular complexity index is 721. The van der Waals surface area contributed by atoms with Crippen molar-refractivity contribution >= 4 is 17.2 Å². The van der Waals surface area contributed by atoms with Crippen LogP contribution in [0.25, 0.3) is 10.6 Å². The predicted molar refractivity (Wildman–Crippen MR) is 99.0 cm³/mol. The van der Waals surface area contributed by atoms with E-state index < -0.39 is 0 Å². The zero-order valence-corrected chi connectivity index (χ0v) is 15.7. The molecule has 5 nitrogen and oxygen atoms in total. The van der Waals surface area contributed by atoms with Crippen LogP contribution in [0.4, 0.5) is 0 Å². The Kier molecular flexibility index (Phi) is 5.71. The minimum atomic E-state index is 0.0803. The lowest BCUT2D eigenvalue weighted by Crippen LogP contribution is -2.48. The van der Waals surface area contributed by atoms with Crippen LogP contribution in [-0.2, 0) is 16.0 Å². The van der Waals surface area contributed by atoms with Crippen LogP contribution in [0.5, 0.6) is 5.75 Å². The highest BCUT2D eigenvalue weighted by Gasteiger charge is 2.26. The summed E-state index contributed by atoms with van der Waals surface area (Å²) in [6.07, 6.45) is 0.487. The molecule has 134 valence electrons. The van der Waals surface area contributed by atoms with E-state index in [4.69, 9.17) is 9.47 Å². The van der Waals surface area contributed by atoms with Crippen molar-refractivity contribution in [3.8, 4) is 16.3 Å². The summed E-state index contributed by atoms with van der Waals surface area (Å²) in [6, 6.07) is 7.87. The third-order valence-electron chi connectivity index (χ3n) is 4.07. The number of aromatic nitrogens is 1. The number of benzene rings is 1. The fourth-order valence-corrected chi connectivity index (χ4v) is 3.93. The van der Waals surface area contributed by atoms with E-state index >= 15 is 0 Å². The van der Waals surface area contributed by atoms with Gasteiger partial charge >= 0.3 is 0 Å². The molecule has 25 heavy (non-hydrogen) atoms. The number of thiazole rings is 1. The van der Waals surface area contributed by atoms with Crippen molar-refractivity contribution in [3.05, 3.63) is 35.3 Å². The van der Waals surface area contributed by atoms with Crippen LogP contribution >= 0.6 is 11.3 Å². The van der Waals surface area contributed by atoms with Crippen molar-refractivity contribution in [2.75, 3.05) is 19.7 Å². The number of para-hydroxylation sites is 1. The van der Waals surface area contributed by atoms with Crippen LogP contribution in [0.2, 0.25) is 0 Å². The first-order valence-electron chi connectivity index (χ1n) is 8.66. The molecule has 3 rings (SSSR count). The maximum atomic E-state index is 12.6. The molecule has 1 amide bonds. The van der Waals surface area contributed by atoms with Gasteiger partial charge < -0.3 is 14.4 Å². The van der Waals surface area contributed by atoms with Gasteiger partial charge in [-0.3, -0.25) is 4.79 Å². The number of hydrogen-bond acceptors (Lipinski definition) is 5. The molecule has 1 aliphatic rings. The average molecular weight is 360 g/mol. The predicted octanol–water partition coefficient (Wildman–Crippen LogP) is 3.39. The van der Waals surface area contributed by atoms with E-state index in [2.05, 4.69) is 4.98 Å². The van der Waals surface area contributed by atoms with E-state index in [1.54, 1.807) is 11.3 Å². The lowest BCUT2D eigenvalue weighted by molar-refractivity contribution is -0.142. The van der Waals surface area contributed by atoms with Crippen molar-refractivity contribution in [1.29, 1.82) is 0 Å². The second-order valence-electron chi connectivity index (χ2n) is 6.31. The summed E-state index contributed by atoms with van der Waals surface area (Å²) < 4.78 is 11.4. The monoisotopic (exact) mass is 360 g/mol. The summed E-state index contributed by atoms with van der Waals surface area (Å²) in [6.45, 7) is 7.87. The van der Waals surface area contributed by atoms with Gasteiger partial charge in [0.2, 0.25) is 5.91 Å². The van der Waals surface area contributed by atoms with Crippen LogP contribution < -0.4 is 4.74 Å². The normalized spacial score (nSPS) is 20.5. The number of carbonyl (C=O) groups excluding carboxylic acids is 1. The Hall–Kier alpha value is -1.92. The van der Waals surface area contributed by atoms with Crippen molar-refractivity contribution in [2.45, 2.75) is 39.4 Å². The van der Waals surface area contributed by atoms with E-state index in [-0.39, 0.29) is 18.1 Å². The molecule has 1 aromatic heterocycles. The molecule has 0 bridgehead atoms. The number of morpholine rings is 1. The highest BCUT2D eigenvalue weighted by Crippen LogP contribution is 2.32. The van der Waals surface area contributed by atoms with E-state index in [0.29, 0.717) is 26.1 Å². The highest BCUT2D eigenvalue weighted by molar-refractivity contribution is 7.13. The zero-order valence-electron chi connectivity index (χ0n) is 14.9. The Morgan fingerprint density at radius 2 is 2.04 bits per heavy atom. The van der Waals surface area contributed by atoms with Gasteiger partial charge in [0.15, 0.2) is 0 Å². The fourth-order valence-electron chi connectivity index (χ4n) is 3.08. The Labute approximate surface area is 152 Å². The largest absolute Gasteiger partial charge is 0.493 e. The molecule has 6 heteroatoms. The third kappa shape index (κ3) is 4.38. The number of rotatable bonds is 5. The number of nitrogens with zero attached hydrogens (tertiary/aromatic N) is 2. The maximum absolute atomic E-state index is 12.6. The summed E-state index contributed by atoms with van der Waals surface area (Å²) in [5.74, 6) is 0.935.